The van der Waals surface area contributed by atoms with Crippen LogP contribution in [-0.2, 0) is 9.84 Å². The Kier molecular flexibility index (Phi) is 4.90. The first-order valence-electron chi connectivity index (χ1n) is 6.91. The number of carbonyl (C=O) groups excluding carboxylic acids is 1. The van der Waals surface area contributed by atoms with Crippen LogP contribution >= 0.6 is 0 Å². The van der Waals surface area contributed by atoms with Crippen molar-refractivity contribution in [3.05, 3.63) is 29.6 Å². The maximum atomic E-state index is 13.3. The molecule has 0 bridgehead atoms. The largest absolute Gasteiger partial charge is 0.496 e. The van der Waals surface area contributed by atoms with Crippen LogP contribution in [0, 0.1) is 5.82 Å². The van der Waals surface area contributed by atoms with E-state index in [4.69, 9.17) is 4.74 Å². The molecular formula is C14H19FN2O4S. The molecule has 0 spiro atoms. The number of hydrogen-bond donors (Lipinski definition) is 2. The quantitative estimate of drug-likeness (QED) is 0.873. The predicted molar refractivity (Wildman–Crippen MR) is 80.1 cm³/mol. The van der Waals surface area contributed by atoms with Crippen molar-refractivity contribution < 1.29 is 22.3 Å². The van der Waals surface area contributed by atoms with Gasteiger partial charge in [-0.1, -0.05) is 0 Å². The number of nitrogens with one attached hydrogen (secondary N) is 2. The third-order valence-electron chi connectivity index (χ3n) is 3.57. The molecule has 2 rings (SSSR count). The Balaban J connectivity index is 1.98. The SMILES string of the molecule is COc1ccc(F)cc1[C@H](C)NC(=O)N[C@@H]1CCS(=O)(=O)C1. The molecule has 1 fully saturated rings. The second-order valence-corrected chi connectivity index (χ2v) is 7.55. The number of urea groups is 1. The Morgan fingerprint density at radius 3 is 2.77 bits per heavy atom. The highest BCUT2D eigenvalue weighted by Crippen LogP contribution is 2.25. The number of rotatable bonds is 4. The Hall–Kier alpha value is -1.83. The molecule has 8 heteroatoms. The lowest BCUT2D eigenvalue weighted by molar-refractivity contribution is 0.234. The minimum Gasteiger partial charge on any atom is -0.496 e. The van der Waals surface area contributed by atoms with E-state index in [2.05, 4.69) is 10.6 Å². The van der Waals surface area contributed by atoms with Crippen molar-refractivity contribution in [3.8, 4) is 5.75 Å². The second-order valence-electron chi connectivity index (χ2n) is 5.33. The molecule has 2 amide bonds. The van der Waals surface area contributed by atoms with E-state index < -0.39 is 27.7 Å². The Labute approximate surface area is 129 Å². The summed E-state index contributed by atoms with van der Waals surface area (Å²) in [6.07, 6.45) is 0.410. The van der Waals surface area contributed by atoms with Gasteiger partial charge in [0, 0.05) is 11.6 Å². The summed E-state index contributed by atoms with van der Waals surface area (Å²) in [5, 5.41) is 5.28. The summed E-state index contributed by atoms with van der Waals surface area (Å²) >= 11 is 0. The molecule has 0 saturated carbocycles. The van der Waals surface area contributed by atoms with Crippen molar-refractivity contribution in [1.82, 2.24) is 10.6 Å². The van der Waals surface area contributed by atoms with Gasteiger partial charge in [-0.2, -0.15) is 0 Å². The summed E-state index contributed by atoms with van der Waals surface area (Å²) < 4.78 is 41.2. The van der Waals surface area contributed by atoms with E-state index >= 15 is 0 Å². The van der Waals surface area contributed by atoms with Crippen molar-refractivity contribution in [2.75, 3.05) is 18.6 Å². The average Bonchev–Trinajstić information content (AvgIpc) is 2.77. The van der Waals surface area contributed by atoms with Crippen molar-refractivity contribution >= 4 is 15.9 Å². The zero-order valence-corrected chi connectivity index (χ0v) is 13.2. The minimum atomic E-state index is -3.05. The van der Waals surface area contributed by atoms with Crippen molar-refractivity contribution in [2.24, 2.45) is 0 Å². The van der Waals surface area contributed by atoms with Crippen LogP contribution in [0.2, 0.25) is 0 Å². The van der Waals surface area contributed by atoms with Crippen LogP contribution in [0.5, 0.6) is 5.75 Å². The summed E-state index contributed by atoms with van der Waals surface area (Å²) in [7, 11) is -1.58. The van der Waals surface area contributed by atoms with Gasteiger partial charge in [0.05, 0.1) is 24.7 Å². The maximum Gasteiger partial charge on any atom is 0.315 e. The van der Waals surface area contributed by atoms with Gasteiger partial charge in [-0.15, -0.1) is 0 Å². The molecule has 1 saturated heterocycles. The van der Waals surface area contributed by atoms with Gasteiger partial charge in [-0.25, -0.2) is 17.6 Å². The number of amides is 2. The van der Waals surface area contributed by atoms with E-state index in [-0.39, 0.29) is 17.5 Å². The number of benzene rings is 1. The van der Waals surface area contributed by atoms with E-state index in [0.29, 0.717) is 17.7 Å². The zero-order valence-electron chi connectivity index (χ0n) is 12.4. The molecule has 2 atom stereocenters. The fraction of sp³-hybridized carbons (Fsp3) is 0.500. The van der Waals surface area contributed by atoms with Gasteiger partial charge in [0.2, 0.25) is 0 Å². The third-order valence-corrected chi connectivity index (χ3v) is 5.34. The number of carbonyl (C=O) groups is 1. The monoisotopic (exact) mass is 330 g/mol. The summed E-state index contributed by atoms with van der Waals surface area (Å²) in [6.45, 7) is 1.70. The average molecular weight is 330 g/mol. The number of hydrogen-bond acceptors (Lipinski definition) is 4. The molecule has 1 aromatic carbocycles. The predicted octanol–water partition coefficient (Wildman–Crippen LogP) is 1.38. The van der Waals surface area contributed by atoms with E-state index in [1.165, 1.54) is 25.3 Å². The normalized spacial score (nSPS) is 21.1. The van der Waals surface area contributed by atoms with Crippen LogP contribution in [0.3, 0.4) is 0 Å². The Bertz CT molecular complexity index is 663. The highest BCUT2D eigenvalue weighted by molar-refractivity contribution is 7.91. The first-order valence-corrected chi connectivity index (χ1v) is 8.74. The van der Waals surface area contributed by atoms with Crippen molar-refractivity contribution in [3.63, 3.8) is 0 Å². The Morgan fingerprint density at radius 2 is 2.18 bits per heavy atom. The maximum absolute atomic E-state index is 13.3. The smallest absolute Gasteiger partial charge is 0.315 e. The topological polar surface area (TPSA) is 84.5 Å². The van der Waals surface area contributed by atoms with E-state index in [9.17, 15) is 17.6 Å². The van der Waals surface area contributed by atoms with Crippen LogP contribution in [0.25, 0.3) is 0 Å². The van der Waals surface area contributed by atoms with E-state index in [0.717, 1.165) is 0 Å². The molecule has 0 aromatic heterocycles. The Morgan fingerprint density at radius 1 is 1.45 bits per heavy atom. The highest BCUT2D eigenvalue weighted by Gasteiger charge is 2.29. The van der Waals surface area contributed by atoms with Crippen LogP contribution in [0.1, 0.15) is 24.9 Å². The number of methoxy groups -OCH3 is 1. The minimum absolute atomic E-state index is 0.0436. The number of ether oxygens (including phenoxy) is 1. The van der Waals surface area contributed by atoms with Gasteiger partial charge in [0.15, 0.2) is 9.84 Å². The molecule has 2 N–H and O–H groups in total. The van der Waals surface area contributed by atoms with E-state index in [1.54, 1.807) is 6.92 Å². The first-order chi connectivity index (χ1) is 10.3. The molecule has 1 aliphatic heterocycles. The lowest BCUT2D eigenvalue weighted by Crippen LogP contribution is -2.43. The van der Waals surface area contributed by atoms with Crippen LogP contribution < -0.4 is 15.4 Å². The number of sulfone groups is 1. The summed E-state index contributed by atoms with van der Waals surface area (Å²) in [4.78, 5) is 11.9. The molecule has 6 nitrogen and oxygen atoms in total. The van der Waals surface area contributed by atoms with Gasteiger partial charge in [-0.3, -0.25) is 0 Å². The van der Waals surface area contributed by atoms with Gasteiger partial charge in [-0.05, 0) is 31.5 Å². The van der Waals surface area contributed by atoms with Crippen LogP contribution in [-0.4, -0.2) is 39.1 Å². The lowest BCUT2D eigenvalue weighted by atomic mass is 10.1. The molecule has 1 aromatic rings. The fourth-order valence-electron chi connectivity index (χ4n) is 2.45. The van der Waals surface area contributed by atoms with Crippen LogP contribution in [0.15, 0.2) is 18.2 Å². The van der Waals surface area contributed by atoms with Gasteiger partial charge in [0.1, 0.15) is 11.6 Å². The summed E-state index contributed by atoms with van der Waals surface area (Å²) in [5.41, 5.74) is 0.511. The molecule has 1 heterocycles. The van der Waals surface area contributed by atoms with Gasteiger partial charge in [0.25, 0.3) is 0 Å². The number of halogens is 1. The third kappa shape index (κ3) is 4.09. The van der Waals surface area contributed by atoms with Crippen molar-refractivity contribution in [2.45, 2.75) is 25.4 Å². The molecular weight excluding hydrogens is 311 g/mol. The molecule has 0 aliphatic carbocycles. The van der Waals surface area contributed by atoms with E-state index in [1.807, 2.05) is 0 Å². The molecule has 0 unspecified atom stereocenters. The molecule has 0 radical (unpaired) electrons. The molecule has 122 valence electrons. The first kappa shape index (κ1) is 16.5. The lowest BCUT2D eigenvalue weighted by Gasteiger charge is -2.19. The summed E-state index contributed by atoms with van der Waals surface area (Å²) in [6, 6.07) is 2.71. The second kappa shape index (κ2) is 6.51. The van der Waals surface area contributed by atoms with Gasteiger partial charge < -0.3 is 15.4 Å². The molecule has 1 aliphatic rings. The van der Waals surface area contributed by atoms with Crippen LogP contribution in [0.4, 0.5) is 9.18 Å². The fourth-order valence-corrected chi connectivity index (χ4v) is 4.13. The highest BCUT2D eigenvalue weighted by atomic mass is 32.2. The molecule has 22 heavy (non-hydrogen) atoms. The zero-order chi connectivity index (χ0) is 16.3. The summed E-state index contributed by atoms with van der Waals surface area (Å²) in [5.74, 6) is 0.0907. The standard InChI is InChI=1S/C14H19FN2O4S/c1-9(12-7-10(15)3-4-13(12)21-2)16-14(18)17-11-5-6-22(19,20)8-11/h3-4,7,9,11H,5-6,8H2,1-2H3,(H2,16,17,18)/t9-,11+/m0/s1. The van der Waals surface area contributed by atoms with Gasteiger partial charge >= 0.3 is 6.03 Å². The van der Waals surface area contributed by atoms with Crippen molar-refractivity contribution in [1.29, 1.82) is 0 Å².